The summed E-state index contributed by atoms with van der Waals surface area (Å²) >= 11 is 0. The molecule has 0 radical (unpaired) electrons. The lowest BCUT2D eigenvalue weighted by Crippen LogP contribution is -2.33. The number of hydrogen-bond donors (Lipinski definition) is 1. The number of benzene rings is 2. The molecule has 0 spiro atoms. The minimum absolute atomic E-state index is 0.154. The summed E-state index contributed by atoms with van der Waals surface area (Å²) in [6, 6.07) is 13.3. The average Bonchev–Trinajstić information content (AvgIpc) is 3.40. The fraction of sp³-hybridized carbons (Fsp3) is 0.304. The Labute approximate surface area is 172 Å². The van der Waals surface area contributed by atoms with Crippen LogP contribution in [0.5, 0.6) is 0 Å². The third-order valence-corrected chi connectivity index (χ3v) is 6.16. The first-order valence-corrected chi connectivity index (χ1v) is 9.99. The van der Waals surface area contributed by atoms with E-state index in [4.69, 9.17) is 4.52 Å². The highest BCUT2D eigenvalue weighted by Crippen LogP contribution is 2.49. The second kappa shape index (κ2) is 7.32. The Morgan fingerprint density at radius 1 is 1.17 bits per heavy atom. The summed E-state index contributed by atoms with van der Waals surface area (Å²) in [6.07, 6.45) is 0. The largest absolute Gasteiger partial charge is 0.361 e. The predicted octanol–water partition coefficient (Wildman–Crippen LogP) is 3.96. The van der Waals surface area contributed by atoms with Crippen molar-refractivity contribution in [1.82, 2.24) is 15.4 Å². The molecule has 2 aliphatic rings. The summed E-state index contributed by atoms with van der Waals surface area (Å²) < 4.78 is 32.4. The van der Waals surface area contributed by atoms with Gasteiger partial charge in [-0.15, -0.1) is 0 Å². The minimum atomic E-state index is -0.575. The van der Waals surface area contributed by atoms with E-state index < -0.39 is 11.6 Å². The van der Waals surface area contributed by atoms with Crippen molar-refractivity contribution in [2.45, 2.75) is 25.4 Å². The quantitative estimate of drug-likeness (QED) is 0.709. The van der Waals surface area contributed by atoms with Gasteiger partial charge in [-0.1, -0.05) is 35.5 Å². The van der Waals surface area contributed by atoms with Crippen molar-refractivity contribution in [3.8, 4) is 0 Å². The maximum Gasteiger partial charge on any atom is 0.273 e. The van der Waals surface area contributed by atoms with Gasteiger partial charge in [-0.3, -0.25) is 9.69 Å². The van der Waals surface area contributed by atoms with Gasteiger partial charge in [-0.05, 0) is 24.1 Å². The molecule has 0 unspecified atom stereocenters. The van der Waals surface area contributed by atoms with E-state index >= 15 is 0 Å². The van der Waals surface area contributed by atoms with Gasteiger partial charge >= 0.3 is 0 Å². The first-order valence-electron chi connectivity index (χ1n) is 9.99. The summed E-state index contributed by atoms with van der Waals surface area (Å²) in [7, 11) is 0. The number of halogens is 2. The highest BCUT2D eigenvalue weighted by Gasteiger charge is 2.46. The first-order chi connectivity index (χ1) is 14.5. The molecule has 7 heteroatoms. The Morgan fingerprint density at radius 2 is 1.97 bits per heavy atom. The topological polar surface area (TPSA) is 58.4 Å². The molecule has 3 atom stereocenters. The lowest BCUT2D eigenvalue weighted by atomic mass is 9.94. The molecule has 0 saturated carbocycles. The van der Waals surface area contributed by atoms with Crippen LogP contribution < -0.4 is 5.32 Å². The Morgan fingerprint density at radius 3 is 2.70 bits per heavy atom. The van der Waals surface area contributed by atoms with Crippen LogP contribution in [0.25, 0.3) is 0 Å². The van der Waals surface area contributed by atoms with Crippen LogP contribution in [0.4, 0.5) is 8.78 Å². The Bertz CT molecular complexity index is 1110. The van der Waals surface area contributed by atoms with Gasteiger partial charge in [0.25, 0.3) is 5.91 Å². The monoisotopic (exact) mass is 409 g/mol. The number of likely N-dealkylation sites (tertiary alicyclic amines) is 1. The van der Waals surface area contributed by atoms with Crippen LogP contribution >= 0.6 is 0 Å². The fourth-order valence-electron chi connectivity index (χ4n) is 4.84. The number of nitrogens with one attached hydrogen (secondary N) is 1. The highest BCUT2D eigenvalue weighted by molar-refractivity contribution is 5.92. The van der Waals surface area contributed by atoms with E-state index in [0.717, 1.165) is 18.2 Å². The molecule has 2 aromatic carbocycles. The zero-order valence-corrected chi connectivity index (χ0v) is 16.4. The third kappa shape index (κ3) is 3.29. The molecule has 1 aliphatic carbocycles. The van der Waals surface area contributed by atoms with Gasteiger partial charge in [0.15, 0.2) is 5.69 Å². The number of nitrogens with zero attached hydrogens (tertiary/aromatic N) is 2. The first kappa shape index (κ1) is 18.9. The van der Waals surface area contributed by atoms with E-state index in [9.17, 15) is 13.6 Å². The summed E-state index contributed by atoms with van der Waals surface area (Å²) in [5.74, 6) is -0.376. The van der Waals surface area contributed by atoms with Crippen LogP contribution in [-0.4, -0.2) is 29.1 Å². The summed E-state index contributed by atoms with van der Waals surface area (Å²) in [5, 5.41) is 6.94. The van der Waals surface area contributed by atoms with E-state index in [0.29, 0.717) is 24.4 Å². The van der Waals surface area contributed by atoms with Gasteiger partial charge in [0.1, 0.15) is 17.4 Å². The molecule has 1 saturated heterocycles. The number of amides is 1. The van der Waals surface area contributed by atoms with Crippen molar-refractivity contribution < 1.29 is 18.1 Å². The molecule has 1 amide bonds. The average molecular weight is 409 g/mol. The lowest BCUT2D eigenvalue weighted by molar-refractivity contribution is 0.0914. The van der Waals surface area contributed by atoms with Crippen LogP contribution in [0.2, 0.25) is 0 Å². The van der Waals surface area contributed by atoms with Crippen LogP contribution in [-0.2, 0) is 6.54 Å². The van der Waals surface area contributed by atoms with Gasteiger partial charge in [-0.2, -0.15) is 0 Å². The molecular weight excluding hydrogens is 388 g/mol. The molecule has 1 N–H and O–H groups in total. The second-order valence-electron chi connectivity index (χ2n) is 8.10. The number of aromatic nitrogens is 1. The SMILES string of the molecule is Cc1cc(C(=O)N[C@@H]2c3ccccc3[C@@H]3CN(Cc4ccc(F)cc4F)C[C@H]23)no1. The highest BCUT2D eigenvalue weighted by atomic mass is 19.1. The molecule has 5 nitrogen and oxygen atoms in total. The van der Waals surface area contributed by atoms with Crippen molar-refractivity contribution in [2.24, 2.45) is 5.92 Å². The molecule has 0 bridgehead atoms. The number of fused-ring (bicyclic) bond motifs is 3. The van der Waals surface area contributed by atoms with Crippen molar-refractivity contribution in [3.05, 3.63) is 88.3 Å². The predicted molar refractivity (Wildman–Crippen MR) is 106 cm³/mol. The van der Waals surface area contributed by atoms with Crippen molar-refractivity contribution in [2.75, 3.05) is 13.1 Å². The second-order valence-corrected chi connectivity index (χ2v) is 8.10. The summed E-state index contributed by atoms with van der Waals surface area (Å²) in [5.41, 5.74) is 3.07. The number of carbonyl (C=O) groups is 1. The van der Waals surface area contributed by atoms with E-state index in [-0.39, 0.29) is 29.5 Å². The Balaban J connectivity index is 1.38. The van der Waals surface area contributed by atoms with Crippen LogP contribution in [0, 0.1) is 24.5 Å². The standard InChI is InChI=1S/C23H21F2N3O2/c1-13-8-21(27-30-13)23(29)26-22-17-5-3-2-4-16(17)18-11-28(12-19(18)22)10-14-6-7-15(24)9-20(14)25/h2-9,18-19,22H,10-12H2,1H3,(H,26,29)/t18-,19-,22+/m0/s1. The van der Waals surface area contributed by atoms with Gasteiger partial charge in [-0.25, -0.2) is 8.78 Å². The van der Waals surface area contributed by atoms with Crippen molar-refractivity contribution >= 4 is 5.91 Å². The molecule has 2 heterocycles. The van der Waals surface area contributed by atoms with Crippen LogP contribution in [0.15, 0.2) is 53.1 Å². The normalized spacial score (nSPS) is 22.7. The van der Waals surface area contributed by atoms with E-state index in [1.807, 2.05) is 12.1 Å². The van der Waals surface area contributed by atoms with E-state index in [2.05, 4.69) is 27.5 Å². The number of rotatable bonds is 4. The van der Waals surface area contributed by atoms with Crippen molar-refractivity contribution in [1.29, 1.82) is 0 Å². The molecule has 3 aromatic rings. The third-order valence-electron chi connectivity index (χ3n) is 6.16. The van der Waals surface area contributed by atoms with Gasteiger partial charge in [0, 0.05) is 49.2 Å². The zero-order valence-electron chi connectivity index (χ0n) is 16.4. The molecule has 1 fully saturated rings. The summed E-state index contributed by atoms with van der Waals surface area (Å²) in [6.45, 7) is 3.62. The van der Waals surface area contributed by atoms with Gasteiger partial charge in [0.2, 0.25) is 0 Å². The molecule has 5 rings (SSSR count). The van der Waals surface area contributed by atoms with Crippen LogP contribution in [0.3, 0.4) is 0 Å². The number of hydrogen-bond acceptors (Lipinski definition) is 4. The number of carbonyl (C=O) groups excluding carboxylic acids is 1. The zero-order chi connectivity index (χ0) is 20.8. The van der Waals surface area contributed by atoms with Gasteiger partial charge < -0.3 is 9.84 Å². The lowest BCUT2D eigenvalue weighted by Gasteiger charge is -2.22. The molecular formula is C23H21F2N3O2. The molecule has 1 aliphatic heterocycles. The molecule has 1 aromatic heterocycles. The molecule has 154 valence electrons. The minimum Gasteiger partial charge on any atom is -0.361 e. The maximum absolute atomic E-state index is 14.1. The fourth-order valence-corrected chi connectivity index (χ4v) is 4.84. The van der Waals surface area contributed by atoms with Gasteiger partial charge in [0.05, 0.1) is 6.04 Å². The van der Waals surface area contributed by atoms with E-state index in [1.165, 1.54) is 17.7 Å². The summed E-state index contributed by atoms with van der Waals surface area (Å²) in [4.78, 5) is 14.9. The van der Waals surface area contributed by atoms with E-state index in [1.54, 1.807) is 13.0 Å². The van der Waals surface area contributed by atoms with Crippen molar-refractivity contribution in [3.63, 3.8) is 0 Å². The maximum atomic E-state index is 14.1. The Hall–Kier alpha value is -3.06. The smallest absolute Gasteiger partial charge is 0.273 e. The Kier molecular flexibility index (Phi) is 4.62. The molecule has 30 heavy (non-hydrogen) atoms. The van der Waals surface area contributed by atoms with Crippen LogP contribution in [0.1, 0.15) is 44.9 Å². The number of aryl methyl sites for hydroxylation is 1.